The summed E-state index contributed by atoms with van der Waals surface area (Å²) in [6, 6.07) is 10.1. The lowest BCUT2D eigenvalue weighted by molar-refractivity contribution is 0.416. The van der Waals surface area contributed by atoms with E-state index in [0.29, 0.717) is 23.1 Å². The highest BCUT2D eigenvalue weighted by molar-refractivity contribution is 5.92. The van der Waals surface area contributed by atoms with Gasteiger partial charge in [0, 0.05) is 18.8 Å². The standard InChI is InChI=1S/C20H18N8O2/c1-27-7-5-14(26-27)16-10-13(18-19(21)23-11-24-28(16)18)12-3-4-15(17(9-12)29-2)25-20-22-6-8-30-20/h3-11H,1-2H3,(H,22,25)(H2,21,23,24). The number of nitrogens with one attached hydrogen (secondary N) is 1. The van der Waals surface area contributed by atoms with Gasteiger partial charge in [0.15, 0.2) is 5.82 Å². The summed E-state index contributed by atoms with van der Waals surface area (Å²) in [6.45, 7) is 0. The van der Waals surface area contributed by atoms with Crippen LogP contribution >= 0.6 is 0 Å². The molecule has 1 aromatic carbocycles. The molecule has 150 valence electrons. The Morgan fingerprint density at radius 2 is 2.07 bits per heavy atom. The van der Waals surface area contributed by atoms with Crippen LogP contribution in [0.1, 0.15) is 0 Å². The highest BCUT2D eigenvalue weighted by Gasteiger charge is 2.19. The van der Waals surface area contributed by atoms with Crippen LogP contribution in [0.15, 0.2) is 59.7 Å². The fourth-order valence-electron chi connectivity index (χ4n) is 3.38. The molecule has 0 saturated heterocycles. The average Bonchev–Trinajstić information content (AvgIpc) is 3.49. The minimum atomic E-state index is 0.378. The van der Waals surface area contributed by atoms with E-state index in [9.17, 15) is 0 Å². The summed E-state index contributed by atoms with van der Waals surface area (Å²) < 4.78 is 14.3. The van der Waals surface area contributed by atoms with Gasteiger partial charge in [-0.25, -0.2) is 14.5 Å². The third-order valence-electron chi connectivity index (χ3n) is 4.75. The maximum absolute atomic E-state index is 6.22. The van der Waals surface area contributed by atoms with Crippen molar-refractivity contribution in [3.8, 4) is 28.3 Å². The second-order valence-corrected chi connectivity index (χ2v) is 6.60. The molecule has 0 saturated carbocycles. The number of methoxy groups -OCH3 is 1. The number of oxazole rings is 1. The van der Waals surface area contributed by atoms with Crippen molar-refractivity contribution in [2.75, 3.05) is 18.2 Å². The smallest absolute Gasteiger partial charge is 0.299 e. The average molecular weight is 402 g/mol. The fraction of sp³-hybridized carbons (Fsp3) is 0.100. The van der Waals surface area contributed by atoms with Crippen LogP contribution in [0.5, 0.6) is 5.75 Å². The largest absolute Gasteiger partial charge is 0.495 e. The molecule has 0 bridgehead atoms. The highest BCUT2D eigenvalue weighted by atomic mass is 16.5. The first kappa shape index (κ1) is 17.7. The Morgan fingerprint density at radius 3 is 2.80 bits per heavy atom. The molecule has 4 aromatic heterocycles. The van der Waals surface area contributed by atoms with Crippen molar-refractivity contribution in [3.63, 3.8) is 0 Å². The molecule has 5 rings (SSSR count). The number of aromatic nitrogens is 6. The lowest BCUT2D eigenvalue weighted by Crippen LogP contribution is -2.01. The summed E-state index contributed by atoms with van der Waals surface area (Å²) in [4.78, 5) is 8.25. The molecule has 0 aliphatic heterocycles. The van der Waals surface area contributed by atoms with Gasteiger partial charge in [-0.3, -0.25) is 4.68 Å². The minimum absolute atomic E-state index is 0.378. The number of nitrogen functional groups attached to an aromatic ring is 1. The molecule has 0 aliphatic carbocycles. The molecule has 0 spiro atoms. The molecule has 0 atom stereocenters. The fourth-order valence-corrected chi connectivity index (χ4v) is 3.38. The molecule has 0 fully saturated rings. The van der Waals surface area contributed by atoms with Crippen LogP contribution in [-0.2, 0) is 7.05 Å². The summed E-state index contributed by atoms with van der Waals surface area (Å²) in [5, 5.41) is 12.0. The van der Waals surface area contributed by atoms with E-state index in [-0.39, 0.29) is 0 Å². The number of hydrogen-bond acceptors (Lipinski definition) is 8. The molecule has 4 heterocycles. The number of nitrogens with zero attached hydrogens (tertiary/aromatic N) is 6. The third kappa shape index (κ3) is 2.91. The van der Waals surface area contributed by atoms with Crippen molar-refractivity contribution in [1.82, 2.24) is 29.4 Å². The molecule has 0 radical (unpaired) electrons. The third-order valence-corrected chi connectivity index (χ3v) is 4.75. The Balaban J connectivity index is 1.66. The summed E-state index contributed by atoms with van der Waals surface area (Å²) in [6.07, 6.45) is 6.38. The van der Waals surface area contributed by atoms with Gasteiger partial charge in [0.2, 0.25) is 0 Å². The van der Waals surface area contributed by atoms with E-state index in [1.165, 1.54) is 12.6 Å². The maximum Gasteiger partial charge on any atom is 0.299 e. The number of nitrogens with two attached hydrogens (primary N) is 1. The monoisotopic (exact) mass is 402 g/mol. The zero-order valence-corrected chi connectivity index (χ0v) is 16.3. The first-order valence-electron chi connectivity index (χ1n) is 9.11. The Morgan fingerprint density at radius 1 is 1.17 bits per heavy atom. The highest BCUT2D eigenvalue weighted by Crippen LogP contribution is 2.38. The van der Waals surface area contributed by atoms with E-state index in [1.54, 1.807) is 22.5 Å². The van der Waals surface area contributed by atoms with Crippen molar-refractivity contribution in [2.24, 2.45) is 7.05 Å². The second-order valence-electron chi connectivity index (χ2n) is 6.60. The molecule has 10 nitrogen and oxygen atoms in total. The number of rotatable bonds is 5. The van der Waals surface area contributed by atoms with Gasteiger partial charge in [0.25, 0.3) is 6.01 Å². The van der Waals surface area contributed by atoms with Crippen LogP contribution in [-0.4, -0.2) is 36.5 Å². The molecular formula is C20H18N8O2. The van der Waals surface area contributed by atoms with Gasteiger partial charge < -0.3 is 20.2 Å². The van der Waals surface area contributed by atoms with Crippen LogP contribution in [0.4, 0.5) is 17.5 Å². The normalized spacial score (nSPS) is 11.1. The van der Waals surface area contributed by atoms with Crippen molar-refractivity contribution >= 4 is 23.0 Å². The van der Waals surface area contributed by atoms with Gasteiger partial charge in [-0.05, 0) is 29.8 Å². The van der Waals surface area contributed by atoms with Crippen molar-refractivity contribution in [2.45, 2.75) is 0 Å². The molecular weight excluding hydrogens is 384 g/mol. The van der Waals surface area contributed by atoms with Crippen molar-refractivity contribution in [3.05, 3.63) is 55.3 Å². The lowest BCUT2D eigenvalue weighted by Gasteiger charge is -2.11. The van der Waals surface area contributed by atoms with E-state index < -0.39 is 0 Å². The summed E-state index contributed by atoms with van der Waals surface area (Å²) in [5.41, 5.74) is 11.0. The molecule has 0 aliphatic rings. The lowest BCUT2D eigenvalue weighted by atomic mass is 10.1. The Labute approximate surface area is 170 Å². The minimum Gasteiger partial charge on any atom is -0.495 e. The molecule has 0 amide bonds. The van der Waals surface area contributed by atoms with Gasteiger partial charge in [-0.15, -0.1) is 0 Å². The van der Waals surface area contributed by atoms with Crippen LogP contribution in [0, 0.1) is 0 Å². The van der Waals surface area contributed by atoms with E-state index in [4.69, 9.17) is 14.9 Å². The van der Waals surface area contributed by atoms with Gasteiger partial charge in [-0.1, -0.05) is 6.07 Å². The SMILES string of the molecule is COc1cc(-c2cc(-c3ccn(C)n3)n3ncnc(N)c23)ccc1Nc1ncco1. The zero-order valence-electron chi connectivity index (χ0n) is 16.3. The van der Waals surface area contributed by atoms with Crippen LogP contribution in [0.2, 0.25) is 0 Å². The number of benzene rings is 1. The van der Waals surface area contributed by atoms with E-state index in [2.05, 4.69) is 25.5 Å². The number of fused-ring (bicyclic) bond motifs is 1. The van der Waals surface area contributed by atoms with Gasteiger partial charge in [0.1, 0.15) is 29.6 Å². The molecule has 0 unspecified atom stereocenters. The van der Waals surface area contributed by atoms with Crippen LogP contribution < -0.4 is 15.8 Å². The molecule has 10 heteroatoms. The predicted octanol–water partition coefficient (Wildman–Crippen LogP) is 3.12. The zero-order chi connectivity index (χ0) is 20.7. The van der Waals surface area contributed by atoms with Gasteiger partial charge in [0.05, 0.1) is 24.7 Å². The van der Waals surface area contributed by atoms with E-state index in [1.807, 2.05) is 43.6 Å². The van der Waals surface area contributed by atoms with Crippen molar-refractivity contribution < 1.29 is 9.15 Å². The number of aryl methyl sites for hydroxylation is 1. The number of hydrogen-bond donors (Lipinski definition) is 2. The quantitative estimate of drug-likeness (QED) is 0.460. The van der Waals surface area contributed by atoms with Crippen molar-refractivity contribution in [1.29, 1.82) is 0 Å². The number of anilines is 3. The Hall–Kier alpha value is -4.34. The maximum atomic E-state index is 6.22. The topological polar surface area (TPSA) is 121 Å². The van der Waals surface area contributed by atoms with Crippen LogP contribution in [0.3, 0.4) is 0 Å². The van der Waals surface area contributed by atoms with Crippen LogP contribution in [0.25, 0.3) is 28.0 Å². The van der Waals surface area contributed by atoms with Gasteiger partial charge >= 0.3 is 0 Å². The number of ether oxygens (including phenoxy) is 1. The van der Waals surface area contributed by atoms with E-state index in [0.717, 1.165) is 28.2 Å². The molecule has 30 heavy (non-hydrogen) atoms. The summed E-state index contributed by atoms with van der Waals surface area (Å²) >= 11 is 0. The first-order chi connectivity index (χ1) is 14.6. The predicted molar refractivity (Wildman–Crippen MR) is 111 cm³/mol. The van der Waals surface area contributed by atoms with Gasteiger partial charge in [-0.2, -0.15) is 10.2 Å². The molecule has 5 aromatic rings. The molecule has 3 N–H and O–H groups in total. The first-order valence-corrected chi connectivity index (χ1v) is 9.11. The summed E-state index contributed by atoms with van der Waals surface area (Å²) in [5.74, 6) is 1.00. The second kappa shape index (κ2) is 6.92. The van der Waals surface area contributed by atoms with E-state index >= 15 is 0 Å². The Bertz CT molecular complexity index is 1340. The Kier molecular flexibility index (Phi) is 4.09. The summed E-state index contributed by atoms with van der Waals surface area (Å²) in [7, 11) is 3.47.